The molecular weight excluding hydrogens is 276 g/mol. The van der Waals surface area contributed by atoms with Gasteiger partial charge in [-0.2, -0.15) is 5.10 Å². The molecular formula is C15H19ClN2O2. The number of halogens is 1. The first-order valence-electron chi connectivity index (χ1n) is 6.76. The second-order valence-electron chi connectivity index (χ2n) is 4.47. The maximum absolute atomic E-state index is 9.33. The summed E-state index contributed by atoms with van der Waals surface area (Å²) in [6.07, 6.45) is 0.897. The lowest BCUT2D eigenvalue weighted by atomic mass is 10.2. The number of aliphatic hydroxyl groups excluding tert-OH is 1. The number of aryl methyl sites for hydroxylation is 2. The van der Waals surface area contributed by atoms with Gasteiger partial charge in [-0.25, -0.2) is 0 Å². The highest BCUT2D eigenvalue weighted by atomic mass is 35.5. The second kappa shape index (κ2) is 6.77. The zero-order chi connectivity index (χ0) is 14.5. The van der Waals surface area contributed by atoms with Crippen LogP contribution in [0.15, 0.2) is 24.3 Å². The third kappa shape index (κ3) is 3.14. The molecule has 1 aromatic heterocycles. The smallest absolute Gasteiger partial charge is 0.143 e. The van der Waals surface area contributed by atoms with E-state index < -0.39 is 0 Å². The van der Waals surface area contributed by atoms with Crippen molar-refractivity contribution in [1.29, 1.82) is 0 Å². The number of aromatic nitrogens is 2. The minimum Gasteiger partial charge on any atom is -0.485 e. The molecule has 0 unspecified atom stereocenters. The minimum absolute atomic E-state index is 0.0941. The van der Waals surface area contributed by atoms with Gasteiger partial charge in [0.1, 0.15) is 12.4 Å². The molecule has 108 valence electrons. The lowest BCUT2D eigenvalue weighted by Gasteiger charge is -2.12. The van der Waals surface area contributed by atoms with E-state index in [0.717, 1.165) is 24.4 Å². The van der Waals surface area contributed by atoms with Gasteiger partial charge in [0.15, 0.2) is 0 Å². The summed E-state index contributed by atoms with van der Waals surface area (Å²) in [7, 11) is 0. The molecule has 1 heterocycles. The van der Waals surface area contributed by atoms with Crippen LogP contribution in [0.4, 0.5) is 0 Å². The Hall–Kier alpha value is -1.52. The summed E-state index contributed by atoms with van der Waals surface area (Å²) in [6, 6.07) is 7.39. The Morgan fingerprint density at radius 3 is 2.80 bits per heavy atom. The molecule has 1 N–H and O–H groups in total. The summed E-state index contributed by atoms with van der Waals surface area (Å²) in [5, 5.41) is 14.3. The van der Waals surface area contributed by atoms with Gasteiger partial charge in [0.25, 0.3) is 0 Å². The molecule has 0 spiro atoms. The van der Waals surface area contributed by atoms with Crippen LogP contribution in [0.25, 0.3) is 0 Å². The van der Waals surface area contributed by atoms with Crippen molar-refractivity contribution in [2.24, 2.45) is 0 Å². The fraction of sp³-hybridized carbons (Fsp3) is 0.400. The van der Waals surface area contributed by atoms with Crippen LogP contribution in [0.2, 0.25) is 5.02 Å². The minimum atomic E-state index is -0.0941. The SMILES string of the molecule is CCc1cc(COc2c(Cl)cccc2CO)n(CC)n1. The highest BCUT2D eigenvalue weighted by Crippen LogP contribution is 2.29. The fourth-order valence-corrected chi connectivity index (χ4v) is 2.31. The summed E-state index contributed by atoms with van der Waals surface area (Å²) in [5.74, 6) is 0.540. The van der Waals surface area contributed by atoms with Crippen molar-refractivity contribution in [3.8, 4) is 5.75 Å². The van der Waals surface area contributed by atoms with Gasteiger partial charge in [0.2, 0.25) is 0 Å². The van der Waals surface area contributed by atoms with Gasteiger partial charge < -0.3 is 9.84 Å². The van der Waals surface area contributed by atoms with E-state index >= 15 is 0 Å². The number of benzene rings is 1. The number of rotatable bonds is 6. The van der Waals surface area contributed by atoms with Crippen molar-refractivity contribution in [2.45, 2.75) is 40.0 Å². The molecule has 4 nitrogen and oxygen atoms in total. The van der Waals surface area contributed by atoms with E-state index in [1.807, 2.05) is 17.7 Å². The predicted molar refractivity (Wildman–Crippen MR) is 79.0 cm³/mol. The van der Waals surface area contributed by atoms with Crippen molar-refractivity contribution in [3.63, 3.8) is 0 Å². The molecule has 2 aromatic rings. The van der Waals surface area contributed by atoms with Crippen molar-refractivity contribution in [3.05, 3.63) is 46.2 Å². The third-order valence-electron chi connectivity index (χ3n) is 3.16. The molecule has 0 fully saturated rings. The molecule has 5 heteroatoms. The first-order chi connectivity index (χ1) is 9.69. The summed E-state index contributed by atoms with van der Waals surface area (Å²) in [5.41, 5.74) is 2.75. The van der Waals surface area contributed by atoms with Gasteiger partial charge >= 0.3 is 0 Å². The molecule has 0 aliphatic rings. The van der Waals surface area contributed by atoms with Crippen molar-refractivity contribution >= 4 is 11.6 Å². The van der Waals surface area contributed by atoms with Gasteiger partial charge in [0.05, 0.1) is 23.0 Å². The molecule has 0 radical (unpaired) electrons. The zero-order valence-electron chi connectivity index (χ0n) is 11.8. The van der Waals surface area contributed by atoms with Crippen LogP contribution in [-0.2, 0) is 26.2 Å². The summed E-state index contributed by atoms with van der Waals surface area (Å²) < 4.78 is 7.72. The Balaban J connectivity index is 2.18. The molecule has 0 aliphatic carbocycles. The van der Waals surface area contributed by atoms with E-state index in [1.165, 1.54) is 0 Å². The molecule has 20 heavy (non-hydrogen) atoms. The number of aliphatic hydroxyl groups is 1. The molecule has 0 amide bonds. The van der Waals surface area contributed by atoms with Gasteiger partial charge in [-0.15, -0.1) is 0 Å². The first kappa shape index (κ1) is 14.9. The largest absolute Gasteiger partial charge is 0.485 e. The number of ether oxygens (including phenoxy) is 1. The van der Waals surface area contributed by atoms with Crippen LogP contribution >= 0.6 is 11.6 Å². The standard InChI is InChI=1S/C15H19ClN2O2/c1-3-12-8-13(18(4-2)17-12)10-20-15-11(9-19)6-5-7-14(15)16/h5-8,19H,3-4,9-10H2,1-2H3. The van der Waals surface area contributed by atoms with E-state index in [4.69, 9.17) is 16.3 Å². The normalized spacial score (nSPS) is 10.8. The Kier molecular flexibility index (Phi) is 5.04. The monoisotopic (exact) mass is 294 g/mol. The Morgan fingerprint density at radius 1 is 1.35 bits per heavy atom. The van der Waals surface area contributed by atoms with Crippen molar-refractivity contribution in [2.75, 3.05) is 0 Å². The van der Waals surface area contributed by atoms with Crippen LogP contribution in [0.5, 0.6) is 5.75 Å². The summed E-state index contributed by atoms with van der Waals surface area (Å²) in [6.45, 7) is 5.21. The fourth-order valence-electron chi connectivity index (χ4n) is 2.06. The van der Waals surface area contributed by atoms with Gasteiger partial charge in [-0.3, -0.25) is 4.68 Å². The van der Waals surface area contributed by atoms with Gasteiger partial charge in [-0.1, -0.05) is 30.7 Å². The zero-order valence-corrected chi connectivity index (χ0v) is 12.5. The number of para-hydroxylation sites is 1. The second-order valence-corrected chi connectivity index (χ2v) is 4.88. The average molecular weight is 295 g/mol. The van der Waals surface area contributed by atoms with Crippen molar-refractivity contribution in [1.82, 2.24) is 9.78 Å². The van der Waals surface area contributed by atoms with Crippen LogP contribution in [0.1, 0.15) is 30.8 Å². The van der Waals surface area contributed by atoms with Crippen LogP contribution in [-0.4, -0.2) is 14.9 Å². The van der Waals surface area contributed by atoms with Crippen LogP contribution < -0.4 is 4.74 Å². The molecule has 0 aliphatic heterocycles. The Morgan fingerprint density at radius 2 is 2.15 bits per heavy atom. The molecule has 0 saturated heterocycles. The van der Waals surface area contributed by atoms with Crippen molar-refractivity contribution < 1.29 is 9.84 Å². The molecule has 0 bridgehead atoms. The maximum atomic E-state index is 9.33. The van der Waals surface area contributed by atoms with E-state index in [2.05, 4.69) is 12.0 Å². The predicted octanol–water partition coefficient (Wildman–Crippen LogP) is 3.19. The van der Waals surface area contributed by atoms with Crippen LogP contribution in [0.3, 0.4) is 0 Å². The highest BCUT2D eigenvalue weighted by Gasteiger charge is 2.11. The molecule has 0 atom stereocenters. The number of nitrogens with zero attached hydrogens (tertiary/aromatic N) is 2. The lowest BCUT2D eigenvalue weighted by molar-refractivity contribution is 0.255. The Labute approximate surface area is 123 Å². The highest BCUT2D eigenvalue weighted by molar-refractivity contribution is 6.32. The van der Waals surface area contributed by atoms with Gasteiger partial charge in [-0.05, 0) is 25.5 Å². The Bertz CT molecular complexity index is 581. The maximum Gasteiger partial charge on any atom is 0.143 e. The van der Waals surface area contributed by atoms with E-state index in [1.54, 1.807) is 18.2 Å². The molecule has 1 aromatic carbocycles. The topological polar surface area (TPSA) is 47.3 Å². The number of hydrogen-bond acceptors (Lipinski definition) is 3. The number of hydrogen-bond donors (Lipinski definition) is 1. The lowest BCUT2D eigenvalue weighted by Crippen LogP contribution is -2.07. The van der Waals surface area contributed by atoms with E-state index in [-0.39, 0.29) is 6.61 Å². The quantitative estimate of drug-likeness (QED) is 0.890. The van der Waals surface area contributed by atoms with Gasteiger partial charge in [0, 0.05) is 12.1 Å². The first-order valence-corrected chi connectivity index (χ1v) is 7.14. The van der Waals surface area contributed by atoms with E-state index in [0.29, 0.717) is 22.9 Å². The summed E-state index contributed by atoms with van der Waals surface area (Å²) in [4.78, 5) is 0. The van der Waals surface area contributed by atoms with Crippen LogP contribution in [0, 0.1) is 0 Å². The van der Waals surface area contributed by atoms with E-state index in [9.17, 15) is 5.11 Å². The molecule has 2 rings (SSSR count). The molecule has 0 saturated carbocycles. The third-order valence-corrected chi connectivity index (χ3v) is 3.46. The average Bonchev–Trinajstić information content (AvgIpc) is 2.88. The summed E-state index contributed by atoms with van der Waals surface area (Å²) >= 11 is 6.12.